The predicted molar refractivity (Wildman–Crippen MR) is 261 cm³/mol. The summed E-state index contributed by atoms with van der Waals surface area (Å²) in [4.78, 5) is 4.24. The number of thiocarbonyl (C=S) groups is 2. The molecule has 304 valence electrons. The number of benzene rings is 4. The van der Waals surface area contributed by atoms with Crippen LogP contribution in [-0.2, 0) is 70.4 Å². The minimum atomic E-state index is 0. The van der Waals surface area contributed by atoms with Crippen LogP contribution in [0.2, 0.25) is 0 Å². The van der Waals surface area contributed by atoms with E-state index in [1.54, 1.807) is 0 Å². The Morgan fingerprint density at radius 3 is 0.772 bits per heavy atom. The molecule has 0 radical (unpaired) electrons. The van der Waals surface area contributed by atoms with Gasteiger partial charge in [-0.25, -0.2) is 0 Å². The number of rotatable bonds is 24. The van der Waals surface area contributed by atoms with Crippen LogP contribution in [0.25, 0.3) is 0 Å². The average molecular weight is 891 g/mol. The summed E-state index contributed by atoms with van der Waals surface area (Å²) in [5.41, 5.74) is 9.97. The van der Waals surface area contributed by atoms with Crippen LogP contribution in [0.3, 0.4) is 0 Å². The molecule has 2 nitrogen and oxygen atoms in total. The topological polar surface area (TPSA) is 6.48 Å². The molecule has 0 aromatic heterocycles. The standard InChI is InChI=1S/2C25H35NS2.Zn/c2*1-3-5-7-9-15-21-17-11-13-19-23(21)26(25(27)28)24-20-14-12-18-22(24)16-10-8-6-4-2;/h2*11-14,17-20H,3-10,15-16H2,1-2H3,(H,27,28);/q;;+2/p-2. The maximum atomic E-state index is 5.55. The number of anilines is 4. The fourth-order valence-corrected chi connectivity index (χ4v) is 8.17. The van der Waals surface area contributed by atoms with Gasteiger partial charge in [-0.05, 0) is 97.9 Å². The van der Waals surface area contributed by atoms with E-state index in [0.29, 0.717) is 8.64 Å². The molecular formula is C50H68N2S4Zn. The van der Waals surface area contributed by atoms with E-state index in [-0.39, 0.29) is 19.5 Å². The molecule has 0 aliphatic heterocycles. The van der Waals surface area contributed by atoms with Crippen molar-refractivity contribution >= 4 is 81.1 Å². The van der Waals surface area contributed by atoms with Crippen LogP contribution < -0.4 is 9.80 Å². The SMILES string of the molecule is CCCCCCc1ccccc1N(C(=S)[S-])c1ccccc1CCCCCC.CCCCCCc1ccccc1N(C(=S)[S-])c1ccccc1CCCCCC.[Zn+2]. The Morgan fingerprint density at radius 2 is 0.579 bits per heavy atom. The third-order valence-corrected chi connectivity index (χ3v) is 11.2. The fourth-order valence-electron chi connectivity index (χ4n) is 7.38. The number of nitrogens with zero attached hydrogens (tertiary/aromatic N) is 2. The van der Waals surface area contributed by atoms with Crippen molar-refractivity contribution in [2.75, 3.05) is 9.80 Å². The van der Waals surface area contributed by atoms with Gasteiger partial charge in [0, 0.05) is 22.7 Å². The number of para-hydroxylation sites is 4. The Balaban J connectivity index is 0.000000387. The second kappa shape index (κ2) is 30.7. The van der Waals surface area contributed by atoms with E-state index in [9.17, 15) is 0 Å². The van der Waals surface area contributed by atoms with Gasteiger partial charge >= 0.3 is 19.5 Å². The number of aryl methyl sites for hydroxylation is 4. The Labute approximate surface area is 383 Å². The first kappa shape index (κ1) is 50.9. The number of hydrogen-bond acceptors (Lipinski definition) is 4. The van der Waals surface area contributed by atoms with Gasteiger partial charge in [0.2, 0.25) is 0 Å². The maximum absolute atomic E-state index is 5.55. The zero-order valence-electron chi connectivity index (χ0n) is 35.6. The summed E-state index contributed by atoms with van der Waals surface area (Å²) >= 11 is 22.2. The number of hydrogen-bond donors (Lipinski definition) is 0. The van der Waals surface area contributed by atoms with Crippen molar-refractivity contribution < 1.29 is 19.5 Å². The Hall–Kier alpha value is -2.28. The summed E-state index contributed by atoms with van der Waals surface area (Å²) in [7, 11) is 0. The van der Waals surface area contributed by atoms with Gasteiger partial charge in [0.05, 0.1) is 0 Å². The molecule has 0 heterocycles. The molecule has 4 aromatic rings. The Morgan fingerprint density at radius 1 is 0.368 bits per heavy atom. The van der Waals surface area contributed by atoms with E-state index in [2.05, 4.69) is 135 Å². The second-order valence-electron chi connectivity index (χ2n) is 15.0. The zero-order valence-corrected chi connectivity index (χ0v) is 41.8. The summed E-state index contributed by atoms with van der Waals surface area (Å²) in [6.07, 6.45) is 24.5. The molecule has 7 heteroatoms. The average Bonchev–Trinajstić information content (AvgIpc) is 3.21. The molecule has 0 N–H and O–H groups in total. The summed E-state index contributed by atoms with van der Waals surface area (Å²) < 4.78 is 1.00. The quantitative estimate of drug-likeness (QED) is 0.0297. The summed E-state index contributed by atoms with van der Waals surface area (Å²) in [6.45, 7) is 9.01. The van der Waals surface area contributed by atoms with Crippen molar-refractivity contribution in [1.29, 1.82) is 0 Å². The third-order valence-electron chi connectivity index (χ3n) is 10.5. The predicted octanol–water partition coefficient (Wildman–Crippen LogP) is 15.8. The molecule has 0 bridgehead atoms. The molecule has 4 aromatic carbocycles. The van der Waals surface area contributed by atoms with E-state index in [1.165, 1.54) is 125 Å². The Kier molecular flexibility index (Phi) is 27.4. The molecule has 0 amide bonds. The van der Waals surface area contributed by atoms with Gasteiger partial charge in [-0.1, -0.05) is 186 Å². The molecule has 57 heavy (non-hydrogen) atoms. The summed E-state index contributed by atoms with van der Waals surface area (Å²) in [5.74, 6) is 0. The largest absolute Gasteiger partial charge is 2.00 e. The van der Waals surface area contributed by atoms with Gasteiger partial charge in [-0.3, -0.25) is 0 Å². The van der Waals surface area contributed by atoms with Gasteiger partial charge in [-0.2, -0.15) is 0 Å². The smallest absolute Gasteiger partial charge is 0.411 e. The van der Waals surface area contributed by atoms with E-state index < -0.39 is 0 Å². The van der Waals surface area contributed by atoms with E-state index >= 15 is 0 Å². The van der Waals surface area contributed by atoms with Crippen LogP contribution in [0.4, 0.5) is 22.7 Å². The molecule has 0 saturated heterocycles. The minimum absolute atomic E-state index is 0. The van der Waals surface area contributed by atoms with Crippen LogP contribution in [0.5, 0.6) is 0 Å². The first-order valence-corrected chi connectivity index (χ1v) is 23.3. The van der Waals surface area contributed by atoms with E-state index in [0.717, 1.165) is 48.4 Å². The first-order chi connectivity index (χ1) is 27.4. The Bertz CT molecular complexity index is 1470. The first-order valence-electron chi connectivity index (χ1n) is 21.7. The van der Waals surface area contributed by atoms with Crippen molar-refractivity contribution in [2.24, 2.45) is 0 Å². The molecule has 0 atom stereocenters. The molecule has 0 fully saturated rings. The maximum Gasteiger partial charge on any atom is 2.00 e. The summed E-state index contributed by atoms with van der Waals surface area (Å²) in [5, 5.41) is 0. The van der Waals surface area contributed by atoms with Crippen molar-refractivity contribution in [1.82, 2.24) is 0 Å². The van der Waals surface area contributed by atoms with E-state index in [4.69, 9.17) is 49.7 Å². The molecule has 0 saturated carbocycles. The van der Waals surface area contributed by atoms with Crippen LogP contribution in [0.15, 0.2) is 97.1 Å². The normalized spacial score (nSPS) is 10.6. The summed E-state index contributed by atoms with van der Waals surface area (Å²) in [6, 6.07) is 34.5. The van der Waals surface area contributed by atoms with E-state index in [1.807, 2.05) is 0 Å². The fraction of sp³-hybridized carbons (Fsp3) is 0.480. The van der Waals surface area contributed by atoms with Gasteiger partial charge in [0.25, 0.3) is 0 Å². The van der Waals surface area contributed by atoms with Crippen LogP contribution in [0.1, 0.15) is 153 Å². The number of unbranched alkanes of at least 4 members (excludes halogenated alkanes) is 12. The molecule has 0 spiro atoms. The van der Waals surface area contributed by atoms with Gasteiger partial charge in [0.15, 0.2) is 0 Å². The molecular weight excluding hydrogens is 822 g/mol. The van der Waals surface area contributed by atoms with Crippen LogP contribution in [0, 0.1) is 0 Å². The molecule has 0 aliphatic carbocycles. The molecule has 0 unspecified atom stereocenters. The van der Waals surface area contributed by atoms with Crippen molar-refractivity contribution in [3.05, 3.63) is 119 Å². The monoisotopic (exact) mass is 888 g/mol. The van der Waals surface area contributed by atoms with Crippen molar-refractivity contribution in [3.8, 4) is 0 Å². The minimum Gasteiger partial charge on any atom is -0.411 e. The molecule has 4 rings (SSSR count). The molecule has 0 aliphatic rings. The zero-order chi connectivity index (χ0) is 40.4. The second-order valence-corrected chi connectivity index (χ2v) is 17.0. The van der Waals surface area contributed by atoms with Gasteiger partial charge in [-0.15, -0.1) is 0 Å². The van der Waals surface area contributed by atoms with Gasteiger partial charge < -0.3 is 59.5 Å². The van der Waals surface area contributed by atoms with Crippen LogP contribution in [-0.4, -0.2) is 8.64 Å². The van der Waals surface area contributed by atoms with Crippen molar-refractivity contribution in [2.45, 2.75) is 156 Å². The third kappa shape index (κ3) is 17.9. The van der Waals surface area contributed by atoms with Gasteiger partial charge in [0.1, 0.15) is 0 Å². The van der Waals surface area contributed by atoms with Crippen molar-refractivity contribution in [3.63, 3.8) is 0 Å². The van der Waals surface area contributed by atoms with Crippen LogP contribution >= 0.6 is 24.4 Å².